The van der Waals surface area contributed by atoms with Crippen molar-refractivity contribution in [3.05, 3.63) is 71.0 Å². The predicted molar refractivity (Wildman–Crippen MR) is 129 cm³/mol. The molecule has 1 saturated carbocycles. The Morgan fingerprint density at radius 1 is 1.06 bits per heavy atom. The fourth-order valence-electron chi connectivity index (χ4n) is 4.10. The van der Waals surface area contributed by atoms with Gasteiger partial charge in [-0.1, -0.05) is 61.7 Å². The Hall–Kier alpha value is -2.34. The highest BCUT2D eigenvalue weighted by atomic mass is 32.2. The van der Waals surface area contributed by atoms with Crippen LogP contribution < -0.4 is 5.32 Å². The van der Waals surface area contributed by atoms with E-state index in [1.165, 1.54) is 23.3 Å². The summed E-state index contributed by atoms with van der Waals surface area (Å²) in [5.41, 5.74) is 3.19. The summed E-state index contributed by atoms with van der Waals surface area (Å²) in [6, 6.07) is 14.1. The Bertz CT molecular complexity index is 880. The fourth-order valence-corrected chi connectivity index (χ4v) is 4.97. The van der Waals surface area contributed by atoms with E-state index in [2.05, 4.69) is 36.5 Å². The molecular formula is C26H33FN2O2S. The molecule has 2 aromatic carbocycles. The summed E-state index contributed by atoms with van der Waals surface area (Å²) in [7, 11) is 0. The molecule has 1 N–H and O–H groups in total. The van der Waals surface area contributed by atoms with Gasteiger partial charge in [-0.3, -0.25) is 9.59 Å². The number of hydrogen-bond acceptors (Lipinski definition) is 3. The molecule has 1 atom stereocenters. The molecule has 4 nitrogen and oxygen atoms in total. The van der Waals surface area contributed by atoms with Crippen LogP contribution in [0.5, 0.6) is 0 Å². The molecule has 2 aromatic rings. The van der Waals surface area contributed by atoms with E-state index < -0.39 is 6.04 Å². The Balaban J connectivity index is 1.68. The number of nitrogens with zero attached hydrogens (tertiary/aromatic N) is 1. The van der Waals surface area contributed by atoms with E-state index >= 15 is 0 Å². The standard InChI is InChI=1S/C26H33FN2O2S/c1-3-24(26(31)28-23-6-4-5-7-23)29(16-20-12-14-22(27)15-13-20)25(30)18-32-17-21-10-8-19(2)9-11-21/h8-15,23-24H,3-7,16-18H2,1-2H3,(H,28,31). The SMILES string of the molecule is CCC(C(=O)NC1CCCC1)N(Cc1ccc(F)cc1)C(=O)CSCc1ccc(C)cc1. The van der Waals surface area contributed by atoms with E-state index in [9.17, 15) is 14.0 Å². The molecule has 32 heavy (non-hydrogen) atoms. The Kier molecular flexibility index (Phi) is 9.15. The third-order valence-electron chi connectivity index (χ3n) is 5.97. The van der Waals surface area contributed by atoms with Crippen molar-refractivity contribution >= 4 is 23.6 Å². The highest BCUT2D eigenvalue weighted by molar-refractivity contribution is 7.99. The van der Waals surface area contributed by atoms with Gasteiger partial charge in [0.25, 0.3) is 0 Å². The normalized spacial score (nSPS) is 14.8. The van der Waals surface area contributed by atoms with Gasteiger partial charge in [0, 0.05) is 18.3 Å². The maximum atomic E-state index is 13.4. The largest absolute Gasteiger partial charge is 0.352 e. The van der Waals surface area contributed by atoms with E-state index in [0.717, 1.165) is 37.0 Å². The zero-order chi connectivity index (χ0) is 22.9. The van der Waals surface area contributed by atoms with Gasteiger partial charge >= 0.3 is 0 Å². The molecule has 0 saturated heterocycles. The van der Waals surface area contributed by atoms with E-state index in [4.69, 9.17) is 0 Å². The maximum Gasteiger partial charge on any atom is 0.243 e. The molecule has 0 spiro atoms. The molecule has 3 rings (SSSR count). The quantitative estimate of drug-likeness (QED) is 0.532. The first kappa shape index (κ1) is 24.3. The zero-order valence-electron chi connectivity index (χ0n) is 19.0. The summed E-state index contributed by atoms with van der Waals surface area (Å²) in [5, 5.41) is 3.15. The lowest BCUT2D eigenvalue weighted by atomic mass is 10.1. The van der Waals surface area contributed by atoms with Crippen molar-refractivity contribution < 1.29 is 14.0 Å². The minimum atomic E-state index is -0.534. The molecule has 0 heterocycles. The van der Waals surface area contributed by atoms with Crippen LogP contribution in [0.15, 0.2) is 48.5 Å². The first-order valence-electron chi connectivity index (χ1n) is 11.4. The van der Waals surface area contributed by atoms with Crippen molar-refractivity contribution in [2.45, 2.75) is 70.3 Å². The first-order valence-corrected chi connectivity index (χ1v) is 12.6. The number of halogens is 1. The van der Waals surface area contributed by atoms with Crippen LogP contribution in [0.2, 0.25) is 0 Å². The van der Waals surface area contributed by atoms with Crippen LogP contribution in [0.3, 0.4) is 0 Å². The summed E-state index contributed by atoms with van der Waals surface area (Å²) in [5.74, 6) is 0.563. The number of thioether (sulfide) groups is 1. The van der Waals surface area contributed by atoms with Gasteiger partial charge in [0.15, 0.2) is 0 Å². The monoisotopic (exact) mass is 456 g/mol. The molecule has 1 unspecified atom stereocenters. The molecule has 0 radical (unpaired) electrons. The van der Waals surface area contributed by atoms with Gasteiger partial charge in [0.1, 0.15) is 11.9 Å². The van der Waals surface area contributed by atoms with Crippen molar-refractivity contribution in [2.75, 3.05) is 5.75 Å². The first-order chi connectivity index (χ1) is 15.5. The lowest BCUT2D eigenvalue weighted by Crippen LogP contribution is -2.51. The average molecular weight is 457 g/mol. The van der Waals surface area contributed by atoms with Gasteiger partial charge in [-0.05, 0) is 49.4 Å². The summed E-state index contributed by atoms with van der Waals surface area (Å²) < 4.78 is 13.4. The van der Waals surface area contributed by atoms with Gasteiger partial charge in [0.05, 0.1) is 5.75 Å². The topological polar surface area (TPSA) is 49.4 Å². The van der Waals surface area contributed by atoms with Crippen LogP contribution >= 0.6 is 11.8 Å². The predicted octanol–water partition coefficient (Wildman–Crippen LogP) is 5.23. The molecule has 0 aliphatic heterocycles. The van der Waals surface area contributed by atoms with Crippen LogP contribution in [0.25, 0.3) is 0 Å². The van der Waals surface area contributed by atoms with Crippen molar-refractivity contribution in [1.82, 2.24) is 10.2 Å². The summed E-state index contributed by atoms with van der Waals surface area (Å²) in [6.07, 6.45) is 4.81. The molecule has 6 heteroatoms. The lowest BCUT2D eigenvalue weighted by Gasteiger charge is -2.31. The summed E-state index contributed by atoms with van der Waals surface area (Å²) in [6.45, 7) is 4.28. The van der Waals surface area contributed by atoms with Gasteiger partial charge in [-0.15, -0.1) is 11.8 Å². The smallest absolute Gasteiger partial charge is 0.243 e. The minimum Gasteiger partial charge on any atom is -0.352 e. The second-order valence-electron chi connectivity index (χ2n) is 8.54. The van der Waals surface area contributed by atoms with Crippen LogP contribution in [0.4, 0.5) is 4.39 Å². The second kappa shape index (κ2) is 12.0. The molecule has 172 valence electrons. The number of nitrogens with one attached hydrogen (secondary N) is 1. The van der Waals surface area contributed by atoms with Crippen molar-refractivity contribution in [3.63, 3.8) is 0 Å². The third kappa shape index (κ3) is 7.09. The molecular weight excluding hydrogens is 423 g/mol. The highest BCUT2D eigenvalue weighted by Crippen LogP contribution is 2.21. The van der Waals surface area contributed by atoms with Gasteiger partial charge < -0.3 is 10.2 Å². The molecule has 1 fully saturated rings. The van der Waals surface area contributed by atoms with Gasteiger partial charge in [-0.25, -0.2) is 4.39 Å². The minimum absolute atomic E-state index is 0.0696. The number of benzene rings is 2. The van der Waals surface area contributed by atoms with E-state index in [0.29, 0.717) is 18.7 Å². The average Bonchev–Trinajstić information content (AvgIpc) is 3.29. The number of carbonyl (C=O) groups is 2. The Morgan fingerprint density at radius 2 is 1.69 bits per heavy atom. The van der Waals surface area contributed by atoms with Crippen molar-refractivity contribution in [3.8, 4) is 0 Å². The van der Waals surface area contributed by atoms with E-state index in [1.54, 1.807) is 28.8 Å². The van der Waals surface area contributed by atoms with E-state index in [1.807, 2.05) is 6.92 Å². The number of carbonyl (C=O) groups excluding carboxylic acids is 2. The molecule has 1 aliphatic carbocycles. The van der Waals surface area contributed by atoms with Crippen molar-refractivity contribution in [2.24, 2.45) is 0 Å². The Morgan fingerprint density at radius 3 is 2.31 bits per heavy atom. The van der Waals surface area contributed by atoms with Gasteiger partial charge in [0.2, 0.25) is 11.8 Å². The summed E-state index contributed by atoms with van der Waals surface area (Å²) >= 11 is 1.55. The fraction of sp³-hybridized carbons (Fsp3) is 0.462. The highest BCUT2D eigenvalue weighted by Gasteiger charge is 2.30. The molecule has 0 aromatic heterocycles. The van der Waals surface area contributed by atoms with Gasteiger partial charge in [-0.2, -0.15) is 0 Å². The lowest BCUT2D eigenvalue weighted by molar-refractivity contribution is -0.139. The maximum absolute atomic E-state index is 13.4. The van der Waals surface area contributed by atoms with Crippen LogP contribution in [-0.4, -0.2) is 34.6 Å². The molecule has 1 aliphatic rings. The number of aryl methyl sites for hydroxylation is 1. The van der Waals surface area contributed by atoms with Crippen LogP contribution in [0.1, 0.15) is 55.7 Å². The number of rotatable bonds is 10. The van der Waals surface area contributed by atoms with Crippen LogP contribution in [0, 0.1) is 12.7 Å². The number of hydrogen-bond donors (Lipinski definition) is 1. The third-order valence-corrected chi connectivity index (χ3v) is 6.96. The van der Waals surface area contributed by atoms with Crippen molar-refractivity contribution in [1.29, 1.82) is 0 Å². The molecule has 2 amide bonds. The number of amides is 2. The van der Waals surface area contributed by atoms with E-state index in [-0.39, 0.29) is 23.7 Å². The summed E-state index contributed by atoms with van der Waals surface area (Å²) in [4.78, 5) is 28.0. The zero-order valence-corrected chi connectivity index (χ0v) is 19.8. The second-order valence-corrected chi connectivity index (χ2v) is 9.53. The Labute approximate surface area is 195 Å². The molecule has 0 bridgehead atoms. The van der Waals surface area contributed by atoms with Crippen LogP contribution in [-0.2, 0) is 21.9 Å².